The van der Waals surface area contributed by atoms with Gasteiger partial charge in [0.05, 0.1) is 0 Å². The van der Waals surface area contributed by atoms with Gasteiger partial charge in [-0.15, -0.1) is 0 Å². The Morgan fingerprint density at radius 1 is 1.24 bits per heavy atom. The molecule has 2 rings (SSSR count). The van der Waals surface area contributed by atoms with Crippen molar-refractivity contribution in [2.45, 2.75) is 19.9 Å². The van der Waals surface area contributed by atoms with E-state index >= 15 is 0 Å². The minimum Gasteiger partial charge on any atom is -0.464 e. The molecule has 0 fully saturated rings. The van der Waals surface area contributed by atoms with Crippen LogP contribution in [0.4, 0.5) is 4.39 Å². The summed E-state index contributed by atoms with van der Waals surface area (Å²) >= 11 is 0. The van der Waals surface area contributed by atoms with Crippen molar-refractivity contribution >= 4 is 0 Å². The fraction of sp³-hybridized carbons (Fsp3) is 0.231. The van der Waals surface area contributed by atoms with Gasteiger partial charge in [-0.3, -0.25) is 5.84 Å². The zero-order valence-electron chi connectivity index (χ0n) is 9.83. The predicted octanol–water partition coefficient (Wildman–Crippen LogP) is 2.59. The van der Waals surface area contributed by atoms with Crippen molar-refractivity contribution in [2.75, 3.05) is 0 Å². The standard InChI is InChI=1S/C13H15FN2O/c1-8-7-10(14)4-5-11(8)13(16-15)12-6-3-9(2)17-12/h3-7,13,16H,15H2,1-2H3. The number of hydrogen-bond donors (Lipinski definition) is 2. The van der Waals surface area contributed by atoms with Crippen LogP contribution in [0.5, 0.6) is 0 Å². The lowest BCUT2D eigenvalue weighted by molar-refractivity contribution is 0.433. The highest BCUT2D eigenvalue weighted by Crippen LogP contribution is 2.26. The second-order valence-electron chi connectivity index (χ2n) is 4.05. The van der Waals surface area contributed by atoms with Gasteiger partial charge in [0.25, 0.3) is 0 Å². The maximum Gasteiger partial charge on any atom is 0.126 e. The van der Waals surface area contributed by atoms with Gasteiger partial charge in [0.1, 0.15) is 23.4 Å². The summed E-state index contributed by atoms with van der Waals surface area (Å²) in [6.45, 7) is 3.72. The van der Waals surface area contributed by atoms with Gasteiger partial charge in [0.15, 0.2) is 0 Å². The van der Waals surface area contributed by atoms with Crippen LogP contribution in [0.2, 0.25) is 0 Å². The second kappa shape index (κ2) is 4.69. The van der Waals surface area contributed by atoms with Crippen LogP contribution in [0.1, 0.15) is 28.7 Å². The number of hydrazine groups is 1. The molecule has 1 aromatic heterocycles. The van der Waals surface area contributed by atoms with Gasteiger partial charge in [-0.2, -0.15) is 0 Å². The third kappa shape index (κ3) is 2.38. The lowest BCUT2D eigenvalue weighted by atomic mass is 10.00. The van der Waals surface area contributed by atoms with Crippen LogP contribution < -0.4 is 11.3 Å². The van der Waals surface area contributed by atoms with Crippen LogP contribution in [-0.4, -0.2) is 0 Å². The Kier molecular flexibility index (Phi) is 3.26. The number of halogens is 1. The molecule has 0 saturated heterocycles. The highest BCUT2D eigenvalue weighted by molar-refractivity contribution is 5.34. The normalized spacial score (nSPS) is 12.7. The average molecular weight is 234 g/mol. The summed E-state index contributed by atoms with van der Waals surface area (Å²) in [5, 5.41) is 0. The van der Waals surface area contributed by atoms with Gasteiger partial charge in [0, 0.05) is 0 Å². The Labute approximate surface area is 99.4 Å². The summed E-state index contributed by atoms with van der Waals surface area (Å²) in [6, 6.07) is 8.09. The third-order valence-electron chi connectivity index (χ3n) is 2.76. The number of furan rings is 1. The first-order valence-corrected chi connectivity index (χ1v) is 5.40. The Hall–Kier alpha value is -1.65. The molecule has 4 heteroatoms. The molecule has 2 aromatic rings. The van der Waals surface area contributed by atoms with Crippen LogP contribution in [0.3, 0.4) is 0 Å². The number of benzene rings is 1. The monoisotopic (exact) mass is 234 g/mol. The average Bonchev–Trinajstić information content (AvgIpc) is 2.69. The Balaban J connectivity index is 2.42. The van der Waals surface area contributed by atoms with E-state index in [0.29, 0.717) is 0 Å². The van der Waals surface area contributed by atoms with E-state index in [2.05, 4.69) is 5.43 Å². The molecule has 3 N–H and O–H groups in total. The van der Waals surface area contributed by atoms with E-state index in [9.17, 15) is 4.39 Å². The molecule has 1 atom stereocenters. The Morgan fingerprint density at radius 3 is 2.53 bits per heavy atom. The van der Waals surface area contributed by atoms with Gasteiger partial charge in [-0.05, 0) is 49.2 Å². The van der Waals surface area contributed by atoms with Gasteiger partial charge in [-0.25, -0.2) is 9.82 Å². The van der Waals surface area contributed by atoms with E-state index in [4.69, 9.17) is 10.3 Å². The smallest absolute Gasteiger partial charge is 0.126 e. The van der Waals surface area contributed by atoms with E-state index in [1.165, 1.54) is 12.1 Å². The molecular weight excluding hydrogens is 219 g/mol. The van der Waals surface area contributed by atoms with Crippen LogP contribution >= 0.6 is 0 Å². The van der Waals surface area contributed by atoms with E-state index in [-0.39, 0.29) is 11.9 Å². The minimum absolute atomic E-state index is 0.252. The molecule has 90 valence electrons. The van der Waals surface area contributed by atoms with Gasteiger partial charge >= 0.3 is 0 Å². The molecule has 0 aliphatic heterocycles. The second-order valence-corrected chi connectivity index (χ2v) is 4.05. The zero-order chi connectivity index (χ0) is 12.4. The number of hydrogen-bond acceptors (Lipinski definition) is 3. The molecule has 0 aliphatic rings. The molecule has 0 bridgehead atoms. The topological polar surface area (TPSA) is 51.2 Å². The summed E-state index contributed by atoms with van der Waals surface area (Å²) in [4.78, 5) is 0. The SMILES string of the molecule is Cc1ccc(C(NN)c2ccc(F)cc2C)o1. The zero-order valence-corrected chi connectivity index (χ0v) is 9.83. The molecule has 0 saturated carbocycles. The lowest BCUT2D eigenvalue weighted by Crippen LogP contribution is -2.29. The molecule has 0 radical (unpaired) electrons. The number of rotatable bonds is 3. The third-order valence-corrected chi connectivity index (χ3v) is 2.76. The fourth-order valence-electron chi connectivity index (χ4n) is 1.90. The summed E-state index contributed by atoms with van der Waals surface area (Å²) in [7, 11) is 0. The predicted molar refractivity (Wildman–Crippen MR) is 63.7 cm³/mol. The molecule has 17 heavy (non-hydrogen) atoms. The van der Waals surface area contributed by atoms with Crippen molar-refractivity contribution in [2.24, 2.45) is 5.84 Å². The van der Waals surface area contributed by atoms with E-state index in [0.717, 1.165) is 22.6 Å². The molecule has 0 aliphatic carbocycles. The van der Waals surface area contributed by atoms with Crippen molar-refractivity contribution in [3.63, 3.8) is 0 Å². The van der Waals surface area contributed by atoms with Crippen molar-refractivity contribution < 1.29 is 8.81 Å². The number of aryl methyl sites for hydroxylation is 2. The Bertz CT molecular complexity index is 522. The van der Waals surface area contributed by atoms with Crippen LogP contribution in [-0.2, 0) is 0 Å². The molecule has 1 heterocycles. The van der Waals surface area contributed by atoms with E-state index in [1.54, 1.807) is 6.07 Å². The van der Waals surface area contributed by atoms with Crippen molar-refractivity contribution in [1.29, 1.82) is 0 Å². The van der Waals surface area contributed by atoms with Crippen LogP contribution in [0.15, 0.2) is 34.7 Å². The van der Waals surface area contributed by atoms with Gasteiger partial charge in [0.2, 0.25) is 0 Å². The molecule has 3 nitrogen and oxygen atoms in total. The summed E-state index contributed by atoms with van der Waals surface area (Å²) in [6.07, 6.45) is 0. The van der Waals surface area contributed by atoms with Gasteiger partial charge in [-0.1, -0.05) is 6.07 Å². The maximum atomic E-state index is 13.0. The largest absolute Gasteiger partial charge is 0.464 e. The molecular formula is C13H15FN2O. The quantitative estimate of drug-likeness (QED) is 0.634. The van der Waals surface area contributed by atoms with Crippen molar-refractivity contribution in [3.8, 4) is 0 Å². The molecule has 1 unspecified atom stereocenters. The summed E-state index contributed by atoms with van der Waals surface area (Å²) < 4.78 is 18.6. The number of nitrogens with two attached hydrogens (primary N) is 1. The van der Waals surface area contributed by atoms with Crippen LogP contribution in [0, 0.1) is 19.7 Å². The first-order valence-electron chi connectivity index (χ1n) is 5.40. The lowest BCUT2D eigenvalue weighted by Gasteiger charge is -2.16. The number of nitrogens with one attached hydrogen (secondary N) is 1. The van der Waals surface area contributed by atoms with E-state index < -0.39 is 0 Å². The molecule has 0 amide bonds. The molecule has 1 aromatic carbocycles. The highest BCUT2D eigenvalue weighted by Gasteiger charge is 2.18. The van der Waals surface area contributed by atoms with Gasteiger partial charge < -0.3 is 4.42 Å². The fourth-order valence-corrected chi connectivity index (χ4v) is 1.90. The molecule has 0 spiro atoms. The highest BCUT2D eigenvalue weighted by atomic mass is 19.1. The first kappa shape index (κ1) is 11.8. The van der Waals surface area contributed by atoms with Crippen molar-refractivity contribution in [1.82, 2.24) is 5.43 Å². The van der Waals surface area contributed by atoms with Crippen molar-refractivity contribution in [3.05, 3.63) is 58.8 Å². The summed E-state index contributed by atoms with van der Waals surface area (Å²) in [5.41, 5.74) is 4.43. The van der Waals surface area contributed by atoms with E-state index in [1.807, 2.05) is 26.0 Å². The first-order chi connectivity index (χ1) is 8.11. The maximum absolute atomic E-state index is 13.0. The van der Waals surface area contributed by atoms with Crippen LogP contribution in [0.25, 0.3) is 0 Å². The summed E-state index contributed by atoms with van der Waals surface area (Å²) in [5.74, 6) is 6.84. The minimum atomic E-state index is -0.260. The Morgan fingerprint density at radius 2 is 2.00 bits per heavy atom.